The van der Waals surface area contributed by atoms with E-state index >= 15 is 0 Å². The van der Waals surface area contributed by atoms with Crippen molar-refractivity contribution >= 4 is 5.78 Å². The minimum Gasteiger partial charge on any atom is -0.269 e. The third-order valence-electron chi connectivity index (χ3n) is 2.53. The Morgan fingerprint density at radius 3 is 2.88 bits per heavy atom. The van der Waals surface area contributed by atoms with E-state index < -0.39 is 11.2 Å². The Kier molecular flexibility index (Phi) is 1.82. The van der Waals surface area contributed by atoms with Crippen LogP contribution in [-0.4, -0.2) is 23.9 Å². The van der Waals surface area contributed by atoms with Gasteiger partial charge in [-0.2, -0.15) is 4.98 Å². The topological polar surface area (TPSA) is 82.2 Å². The van der Waals surface area contributed by atoms with Crippen molar-refractivity contribution in [2.24, 2.45) is 7.05 Å². The lowest BCUT2D eigenvalue weighted by Gasteiger charge is -2.08. The third kappa shape index (κ3) is 1.25. The Morgan fingerprint density at radius 2 is 2.06 bits per heavy atom. The fourth-order valence-electron chi connectivity index (χ4n) is 1.63. The lowest BCUT2D eigenvalue weighted by Crippen LogP contribution is -2.35. The zero-order chi connectivity index (χ0) is 12.0. The second kappa shape index (κ2) is 3.21. The molecule has 0 radical (unpaired) electrons. The number of hydrogen-bond donors (Lipinski definition) is 0. The smallest absolute Gasteiger partial charge is 0.269 e. The monoisotopic (exact) mass is 229 g/mol. The quantitative estimate of drug-likeness (QED) is 0.475. The zero-order valence-electron chi connectivity index (χ0n) is 8.86. The van der Waals surface area contributed by atoms with Crippen LogP contribution < -0.4 is 11.2 Å². The van der Waals surface area contributed by atoms with Gasteiger partial charge in [0.05, 0.1) is 0 Å². The molecular formula is C10H7N5O2. The molecule has 0 unspecified atom stereocenters. The highest BCUT2D eigenvalue weighted by molar-refractivity contribution is 5.57. The summed E-state index contributed by atoms with van der Waals surface area (Å²) in [6, 6.07) is 1.68. The molecular weight excluding hydrogens is 222 g/mol. The van der Waals surface area contributed by atoms with Crippen LogP contribution in [0.25, 0.3) is 17.2 Å². The number of nitrogens with zero attached hydrogens (tertiary/aromatic N) is 5. The highest BCUT2D eigenvalue weighted by atomic mass is 16.2. The molecule has 0 saturated carbocycles. The first-order valence-corrected chi connectivity index (χ1v) is 4.87. The maximum atomic E-state index is 11.8. The largest absolute Gasteiger partial charge is 0.352 e. The van der Waals surface area contributed by atoms with Gasteiger partial charge in [-0.05, 0) is 6.07 Å². The summed E-state index contributed by atoms with van der Waals surface area (Å²) in [5.41, 5.74) is -0.713. The molecule has 1 aromatic heterocycles. The van der Waals surface area contributed by atoms with Crippen LogP contribution in [0.5, 0.6) is 0 Å². The van der Waals surface area contributed by atoms with E-state index in [2.05, 4.69) is 15.0 Å². The molecule has 0 spiro atoms. The second-order valence-electron chi connectivity index (χ2n) is 3.54. The highest BCUT2D eigenvalue weighted by Crippen LogP contribution is 2.11. The average Bonchev–Trinajstić information content (AvgIpc) is 2.36. The van der Waals surface area contributed by atoms with Crippen LogP contribution in [0.3, 0.4) is 0 Å². The lowest BCUT2D eigenvalue weighted by molar-refractivity contribution is 0.764. The fraction of sp³-hybridized carbons (Fsp3) is 0.100. The molecule has 0 N–H and O–H groups in total. The predicted octanol–water partition coefficient (Wildman–Crippen LogP) is -0.712. The molecule has 84 valence electrons. The standard InChI is InChI=1S/C10H7N5O2/c1-14-8(16)6-5-12-9-11-3-2-4-15(9)7(6)13-10(14)17/h2-5H,1H3. The van der Waals surface area contributed by atoms with Crippen molar-refractivity contribution in [3.8, 4) is 11.4 Å². The number of fused-ring (bicyclic) bond motifs is 3. The van der Waals surface area contributed by atoms with Crippen LogP contribution in [0.2, 0.25) is 0 Å². The minimum atomic E-state index is -0.591. The summed E-state index contributed by atoms with van der Waals surface area (Å²) in [5, 5.41) is 0. The molecule has 0 aromatic carbocycles. The van der Waals surface area contributed by atoms with Crippen molar-refractivity contribution in [3.05, 3.63) is 45.5 Å². The summed E-state index contributed by atoms with van der Waals surface area (Å²) < 4.78 is 2.46. The highest BCUT2D eigenvalue weighted by Gasteiger charge is 2.15. The summed E-state index contributed by atoms with van der Waals surface area (Å²) in [6.45, 7) is 0. The van der Waals surface area contributed by atoms with Gasteiger partial charge in [-0.3, -0.25) is 13.8 Å². The van der Waals surface area contributed by atoms with Crippen molar-refractivity contribution < 1.29 is 0 Å². The van der Waals surface area contributed by atoms with Crippen LogP contribution in [0.15, 0.2) is 34.2 Å². The van der Waals surface area contributed by atoms with Gasteiger partial charge in [0, 0.05) is 25.6 Å². The molecule has 7 heteroatoms. The maximum absolute atomic E-state index is 11.8. The zero-order valence-corrected chi connectivity index (χ0v) is 8.86. The predicted molar refractivity (Wildman–Crippen MR) is 58.9 cm³/mol. The number of rotatable bonds is 0. The third-order valence-corrected chi connectivity index (χ3v) is 2.53. The first-order chi connectivity index (χ1) is 8.18. The summed E-state index contributed by atoms with van der Waals surface area (Å²) in [5.74, 6) is 0.663. The molecule has 1 aromatic rings. The van der Waals surface area contributed by atoms with Crippen LogP contribution in [-0.2, 0) is 7.05 Å². The summed E-state index contributed by atoms with van der Waals surface area (Å²) in [6.07, 6.45) is 4.61. The van der Waals surface area contributed by atoms with Gasteiger partial charge in [0.25, 0.3) is 5.56 Å². The molecule has 17 heavy (non-hydrogen) atoms. The fourth-order valence-corrected chi connectivity index (χ4v) is 1.63. The van der Waals surface area contributed by atoms with Gasteiger partial charge < -0.3 is 0 Å². The Labute approximate surface area is 94.4 Å². The maximum Gasteiger partial charge on any atom is 0.352 e. The van der Waals surface area contributed by atoms with E-state index in [-0.39, 0.29) is 11.4 Å². The summed E-state index contributed by atoms with van der Waals surface area (Å²) >= 11 is 0. The van der Waals surface area contributed by atoms with Crippen molar-refractivity contribution in [2.45, 2.75) is 0 Å². The van der Waals surface area contributed by atoms with Gasteiger partial charge >= 0.3 is 5.69 Å². The van der Waals surface area contributed by atoms with Gasteiger partial charge in [0.15, 0.2) is 5.82 Å². The lowest BCUT2D eigenvalue weighted by atomic mass is 10.3. The van der Waals surface area contributed by atoms with Crippen molar-refractivity contribution in [1.29, 1.82) is 0 Å². The van der Waals surface area contributed by atoms with Gasteiger partial charge in [0.2, 0.25) is 5.78 Å². The molecule has 0 bridgehead atoms. The first kappa shape index (κ1) is 9.64. The van der Waals surface area contributed by atoms with E-state index in [9.17, 15) is 9.59 Å². The molecule has 2 aliphatic rings. The van der Waals surface area contributed by atoms with E-state index in [1.165, 1.54) is 17.6 Å². The Bertz CT molecular complexity index is 804. The van der Waals surface area contributed by atoms with Gasteiger partial charge in [-0.15, -0.1) is 0 Å². The molecule has 0 amide bonds. The van der Waals surface area contributed by atoms with Gasteiger partial charge in [-0.25, -0.2) is 14.8 Å². The van der Waals surface area contributed by atoms with E-state index in [1.54, 1.807) is 18.5 Å². The Hall–Kier alpha value is -2.57. The van der Waals surface area contributed by atoms with E-state index in [0.29, 0.717) is 5.78 Å². The molecule has 7 nitrogen and oxygen atoms in total. The molecule has 0 atom stereocenters. The Balaban J connectivity index is 2.64. The van der Waals surface area contributed by atoms with Gasteiger partial charge in [-0.1, -0.05) is 0 Å². The van der Waals surface area contributed by atoms with Crippen LogP contribution in [0.4, 0.5) is 0 Å². The minimum absolute atomic E-state index is 0.274. The van der Waals surface area contributed by atoms with Crippen LogP contribution in [0, 0.1) is 0 Å². The van der Waals surface area contributed by atoms with Crippen molar-refractivity contribution in [2.75, 3.05) is 0 Å². The number of hydrogen-bond acceptors (Lipinski definition) is 5. The van der Waals surface area contributed by atoms with Crippen LogP contribution in [0.1, 0.15) is 0 Å². The molecule has 3 rings (SSSR count). The van der Waals surface area contributed by atoms with E-state index in [1.807, 2.05) is 0 Å². The SMILES string of the molecule is Cn1c(=O)nc2n3cccnc3ncc-2c1=O. The second-order valence-corrected chi connectivity index (χ2v) is 3.54. The molecule has 2 aliphatic heterocycles. The Morgan fingerprint density at radius 1 is 1.24 bits per heavy atom. The molecule has 0 aliphatic carbocycles. The van der Waals surface area contributed by atoms with Crippen molar-refractivity contribution in [1.82, 2.24) is 23.9 Å². The normalized spacial score (nSPS) is 11.1. The first-order valence-electron chi connectivity index (χ1n) is 4.87. The summed E-state index contributed by atoms with van der Waals surface area (Å²) in [7, 11) is 1.38. The van der Waals surface area contributed by atoms with Crippen molar-refractivity contribution in [3.63, 3.8) is 0 Å². The number of aromatic nitrogens is 5. The molecule has 3 heterocycles. The van der Waals surface area contributed by atoms with E-state index in [4.69, 9.17) is 0 Å². The van der Waals surface area contributed by atoms with Crippen LogP contribution >= 0.6 is 0 Å². The molecule has 0 saturated heterocycles. The average molecular weight is 229 g/mol. The van der Waals surface area contributed by atoms with E-state index in [0.717, 1.165) is 4.57 Å². The molecule has 0 fully saturated rings. The van der Waals surface area contributed by atoms with Gasteiger partial charge in [0.1, 0.15) is 5.56 Å². The summed E-state index contributed by atoms with van der Waals surface area (Å²) in [4.78, 5) is 35.2.